The minimum absolute atomic E-state index is 0.242. The number of benzene rings is 1. The molecule has 0 saturated carbocycles. The first-order chi connectivity index (χ1) is 13.9. The van der Waals surface area contributed by atoms with Crippen molar-refractivity contribution >= 4 is 39.9 Å². The first kappa shape index (κ1) is 19.4. The van der Waals surface area contributed by atoms with Gasteiger partial charge >= 0.3 is 6.15 Å². The number of anilines is 2. The van der Waals surface area contributed by atoms with Gasteiger partial charge in [0.15, 0.2) is 5.13 Å². The molecule has 1 spiro atoms. The normalized spacial score (nSPS) is 16.5. The number of carbonyl (C=O) groups excluding carboxylic acids is 2. The lowest BCUT2D eigenvalue weighted by molar-refractivity contribution is -0.191. The maximum atomic E-state index is 13.5. The maximum absolute atomic E-state index is 13.5. The molecule has 9 nitrogen and oxygen atoms in total. The Balaban J connectivity index is 0.000000645. The van der Waals surface area contributed by atoms with Crippen LogP contribution in [0.3, 0.4) is 0 Å². The Morgan fingerprint density at radius 2 is 1.90 bits per heavy atom. The molecule has 150 valence electrons. The predicted molar refractivity (Wildman–Crippen MR) is 103 cm³/mol. The van der Waals surface area contributed by atoms with Crippen LogP contribution in [0.4, 0.5) is 15.2 Å². The van der Waals surface area contributed by atoms with Crippen LogP contribution in [0.25, 0.3) is 10.7 Å². The van der Waals surface area contributed by atoms with Gasteiger partial charge < -0.3 is 9.80 Å². The minimum Gasteiger partial charge on any atom is -0.369 e. The van der Waals surface area contributed by atoms with E-state index in [-0.39, 0.29) is 17.4 Å². The van der Waals surface area contributed by atoms with Crippen LogP contribution in [-0.4, -0.2) is 57.5 Å². The minimum atomic E-state index is -0.256. The van der Waals surface area contributed by atoms with E-state index in [1.807, 2.05) is 0 Å². The quantitative estimate of drug-likeness (QED) is 0.615. The summed E-state index contributed by atoms with van der Waals surface area (Å²) < 4.78 is 13.5. The highest BCUT2D eigenvalue weighted by Crippen LogP contribution is 2.46. The Morgan fingerprint density at radius 3 is 2.55 bits per heavy atom. The molecule has 29 heavy (non-hydrogen) atoms. The van der Waals surface area contributed by atoms with Gasteiger partial charge in [0, 0.05) is 31.6 Å². The first-order valence-electron chi connectivity index (χ1n) is 8.57. The number of nitrogens with zero attached hydrogens (tertiary/aromatic N) is 7. The van der Waals surface area contributed by atoms with E-state index in [1.54, 1.807) is 30.6 Å². The van der Waals surface area contributed by atoms with E-state index in [2.05, 4.69) is 30.2 Å². The lowest BCUT2D eigenvalue weighted by Gasteiger charge is -2.61. The van der Waals surface area contributed by atoms with Gasteiger partial charge in [0.2, 0.25) is 5.82 Å². The predicted octanol–water partition coefficient (Wildman–Crippen LogP) is 1.87. The lowest BCUT2D eigenvalue weighted by atomic mass is 9.73. The highest BCUT2D eigenvalue weighted by Gasteiger charge is 2.52. The highest BCUT2D eigenvalue weighted by atomic mass is 35.5. The van der Waals surface area contributed by atoms with Crippen molar-refractivity contribution in [1.29, 1.82) is 0 Å². The molecule has 0 radical (unpaired) electrons. The van der Waals surface area contributed by atoms with E-state index >= 15 is 0 Å². The third-order valence-corrected chi connectivity index (χ3v) is 6.22. The highest BCUT2D eigenvalue weighted by molar-refractivity contribution is 7.18. The Morgan fingerprint density at radius 1 is 1.21 bits per heavy atom. The van der Waals surface area contributed by atoms with Crippen LogP contribution < -0.4 is 9.80 Å². The zero-order valence-electron chi connectivity index (χ0n) is 15.2. The molecule has 2 aliphatic rings. The van der Waals surface area contributed by atoms with Gasteiger partial charge in [-0.2, -0.15) is 14.4 Å². The fourth-order valence-electron chi connectivity index (χ4n) is 3.66. The molecule has 2 aromatic heterocycles. The molecule has 2 saturated heterocycles. The summed E-state index contributed by atoms with van der Waals surface area (Å²) >= 11 is 7.77. The molecule has 2 fully saturated rings. The molecule has 4 heterocycles. The summed E-state index contributed by atoms with van der Waals surface area (Å²) in [6.07, 6.45) is 2.04. The average molecular weight is 436 g/mol. The molecule has 0 amide bonds. The third kappa shape index (κ3) is 3.71. The van der Waals surface area contributed by atoms with E-state index < -0.39 is 0 Å². The van der Waals surface area contributed by atoms with Crippen molar-refractivity contribution in [3.05, 3.63) is 35.2 Å². The van der Waals surface area contributed by atoms with Crippen LogP contribution in [0.5, 0.6) is 0 Å². The molecule has 1 aromatic carbocycles. The van der Waals surface area contributed by atoms with Crippen LogP contribution in [0.15, 0.2) is 24.4 Å². The zero-order valence-corrected chi connectivity index (χ0v) is 16.8. The Bertz CT molecular complexity index is 1070. The van der Waals surface area contributed by atoms with Crippen molar-refractivity contribution in [3.63, 3.8) is 0 Å². The fourth-order valence-corrected chi connectivity index (χ4v) is 4.73. The summed E-state index contributed by atoms with van der Waals surface area (Å²) in [5.41, 5.74) is 1.02. The fraction of sp³-hybridized carbons (Fsp3) is 0.353. The van der Waals surface area contributed by atoms with Crippen molar-refractivity contribution in [2.45, 2.75) is 0 Å². The molecule has 3 aromatic rings. The number of halogens is 2. The third-order valence-electron chi connectivity index (χ3n) is 4.85. The topological polar surface area (TPSA) is 97.1 Å². The van der Waals surface area contributed by atoms with E-state index in [0.29, 0.717) is 10.8 Å². The summed E-state index contributed by atoms with van der Waals surface area (Å²) in [7, 11) is 1.74. The molecule has 0 N–H and O–H groups in total. The van der Waals surface area contributed by atoms with Gasteiger partial charge in [0.25, 0.3) is 0 Å². The summed E-state index contributed by atoms with van der Waals surface area (Å²) in [6, 6.07) is 4.51. The van der Waals surface area contributed by atoms with Gasteiger partial charge in [-0.3, -0.25) is 0 Å². The van der Waals surface area contributed by atoms with E-state index in [9.17, 15) is 4.39 Å². The summed E-state index contributed by atoms with van der Waals surface area (Å²) in [5, 5.41) is 13.7. The Kier molecular flexibility index (Phi) is 5.03. The van der Waals surface area contributed by atoms with Crippen LogP contribution in [0.2, 0.25) is 5.02 Å². The van der Waals surface area contributed by atoms with Crippen LogP contribution >= 0.6 is 22.9 Å². The first-order valence-corrected chi connectivity index (χ1v) is 9.77. The van der Waals surface area contributed by atoms with Gasteiger partial charge in [-0.25, -0.2) is 9.37 Å². The van der Waals surface area contributed by atoms with Crippen molar-refractivity contribution in [2.24, 2.45) is 12.5 Å². The molecular formula is C17H15ClFN7O2S. The summed E-state index contributed by atoms with van der Waals surface area (Å²) in [6.45, 7) is 3.65. The number of rotatable bonds is 3. The zero-order chi connectivity index (χ0) is 20.6. The molecule has 0 atom stereocenters. The largest absolute Gasteiger partial charge is 0.373 e. The number of thiazole rings is 1. The van der Waals surface area contributed by atoms with E-state index in [4.69, 9.17) is 21.2 Å². The molecule has 0 aliphatic carbocycles. The summed E-state index contributed by atoms with van der Waals surface area (Å²) in [4.78, 5) is 27.5. The Hall–Kier alpha value is -2.88. The molecular weight excluding hydrogens is 421 g/mol. The Labute approximate surface area is 173 Å². The van der Waals surface area contributed by atoms with Gasteiger partial charge in [-0.05, 0) is 23.4 Å². The monoisotopic (exact) mass is 435 g/mol. The number of aryl methyl sites for hydroxylation is 1. The number of aromatic nitrogens is 5. The smallest absolute Gasteiger partial charge is 0.369 e. The molecule has 2 aliphatic heterocycles. The van der Waals surface area contributed by atoms with Crippen LogP contribution in [-0.2, 0) is 16.6 Å². The molecule has 12 heteroatoms. The second-order valence-corrected chi connectivity index (χ2v) is 8.42. The van der Waals surface area contributed by atoms with E-state index in [1.165, 1.54) is 16.9 Å². The van der Waals surface area contributed by atoms with Crippen LogP contribution in [0.1, 0.15) is 0 Å². The van der Waals surface area contributed by atoms with Gasteiger partial charge in [-0.1, -0.05) is 22.9 Å². The summed E-state index contributed by atoms with van der Waals surface area (Å²) in [5.74, 6) is 0.343. The molecule has 5 rings (SSSR count). The van der Waals surface area contributed by atoms with Gasteiger partial charge in [0.1, 0.15) is 5.82 Å². The lowest BCUT2D eigenvalue weighted by Crippen LogP contribution is -2.72. The standard InChI is InChI=1S/C16H15ClFN7S.CO2/c1-23-21-14(20-22-23)13-5-19-15(26-13)25-8-16(9-25)6-24(7-16)12-4-10(18)2-3-11(12)17;2-1-3/h2-5H,6-9H2,1H3;. The second-order valence-electron chi connectivity index (χ2n) is 7.00. The van der Waals surface area contributed by atoms with Crippen LogP contribution in [0, 0.1) is 11.2 Å². The second kappa shape index (κ2) is 7.51. The van der Waals surface area contributed by atoms with Crippen molar-refractivity contribution < 1.29 is 14.0 Å². The number of tetrazole rings is 1. The van der Waals surface area contributed by atoms with Crippen molar-refractivity contribution in [2.75, 3.05) is 36.0 Å². The van der Waals surface area contributed by atoms with Crippen molar-refractivity contribution in [1.82, 2.24) is 25.2 Å². The van der Waals surface area contributed by atoms with Gasteiger partial charge in [0.05, 0.1) is 28.8 Å². The van der Waals surface area contributed by atoms with Crippen molar-refractivity contribution in [3.8, 4) is 10.7 Å². The molecule has 0 bridgehead atoms. The average Bonchev–Trinajstić information content (AvgIpc) is 3.25. The SMILES string of the molecule is Cn1nnc(-c2cnc(N3CC4(C3)CN(c3cc(F)ccc3Cl)C4)s2)n1.O=C=O. The molecule has 0 unspecified atom stereocenters. The number of hydrogen-bond acceptors (Lipinski definition) is 9. The van der Waals surface area contributed by atoms with Gasteiger partial charge in [-0.15, -0.1) is 10.2 Å². The maximum Gasteiger partial charge on any atom is 0.373 e. The van der Waals surface area contributed by atoms with E-state index in [0.717, 1.165) is 41.9 Å². The number of hydrogen-bond donors (Lipinski definition) is 0.